The number of nitrogens with one attached hydrogen (secondary N) is 1. The molecule has 10 heteroatoms. The fourth-order valence-corrected chi connectivity index (χ4v) is 2.22. The molecule has 0 fully saturated rings. The molecule has 0 aliphatic heterocycles. The molecule has 0 aliphatic rings. The highest BCUT2D eigenvalue weighted by Crippen LogP contribution is 2.19. The first-order valence-electron chi connectivity index (χ1n) is 7.33. The molecule has 0 heterocycles. The van der Waals surface area contributed by atoms with E-state index >= 15 is 0 Å². The van der Waals surface area contributed by atoms with Crippen LogP contribution < -0.4 is 5.32 Å². The van der Waals surface area contributed by atoms with E-state index in [4.69, 9.17) is 9.66 Å². The van der Waals surface area contributed by atoms with E-state index in [0.29, 0.717) is 16.9 Å². The number of carbonyl (C=O) groups excluding carboxylic acids is 1. The van der Waals surface area contributed by atoms with Crippen LogP contribution in [-0.4, -0.2) is 42.3 Å². The Kier molecular flexibility index (Phi) is 6.15. The van der Waals surface area contributed by atoms with E-state index in [9.17, 15) is 18.0 Å². The number of carboxylic acid groups (broad SMARTS) is 1. The Morgan fingerprint density at radius 3 is 1.77 bits per heavy atom. The minimum atomic E-state index is -4.12. The molecule has 2 rings (SSSR count). The van der Waals surface area contributed by atoms with Crippen LogP contribution in [0.3, 0.4) is 0 Å². The van der Waals surface area contributed by atoms with Crippen molar-refractivity contribution in [2.24, 2.45) is 10.2 Å². The predicted octanol–water partition coefficient (Wildman–Crippen LogP) is 2.42. The van der Waals surface area contributed by atoms with Crippen molar-refractivity contribution in [3.8, 4) is 0 Å². The SMILES string of the molecule is O=C(O)c1ccc(/N=N/c2ccc(C(=O)NCCS(=O)(=O)O)cc2)cc1. The quantitative estimate of drug-likeness (QED) is 0.499. The largest absolute Gasteiger partial charge is 0.478 e. The Labute approximate surface area is 149 Å². The monoisotopic (exact) mass is 377 g/mol. The van der Waals surface area contributed by atoms with Crippen molar-refractivity contribution in [1.82, 2.24) is 5.32 Å². The van der Waals surface area contributed by atoms with Gasteiger partial charge in [-0.2, -0.15) is 18.6 Å². The average Bonchev–Trinajstić information content (AvgIpc) is 2.59. The Morgan fingerprint density at radius 1 is 0.885 bits per heavy atom. The molecule has 0 saturated carbocycles. The van der Waals surface area contributed by atoms with Gasteiger partial charge in [-0.25, -0.2) is 4.79 Å². The maximum atomic E-state index is 11.8. The van der Waals surface area contributed by atoms with Crippen LogP contribution in [0.25, 0.3) is 0 Å². The second-order valence-electron chi connectivity index (χ2n) is 5.14. The summed E-state index contributed by atoms with van der Waals surface area (Å²) in [7, 11) is -4.12. The van der Waals surface area contributed by atoms with Crippen LogP contribution in [-0.2, 0) is 10.1 Å². The lowest BCUT2D eigenvalue weighted by Gasteiger charge is -2.04. The van der Waals surface area contributed by atoms with Gasteiger partial charge in [-0.3, -0.25) is 9.35 Å². The second-order valence-corrected chi connectivity index (χ2v) is 6.71. The smallest absolute Gasteiger partial charge is 0.335 e. The Balaban J connectivity index is 1.96. The highest BCUT2D eigenvalue weighted by atomic mass is 32.2. The molecular formula is C16H15N3O6S. The molecule has 9 nitrogen and oxygen atoms in total. The van der Waals surface area contributed by atoms with Gasteiger partial charge in [0.05, 0.1) is 22.7 Å². The van der Waals surface area contributed by atoms with Gasteiger partial charge in [0.1, 0.15) is 0 Å². The molecular weight excluding hydrogens is 362 g/mol. The van der Waals surface area contributed by atoms with Gasteiger partial charge < -0.3 is 10.4 Å². The summed E-state index contributed by atoms with van der Waals surface area (Å²) in [5.41, 5.74) is 1.39. The van der Waals surface area contributed by atoms with Crippen molar-refractivity contribution in [3.63, 3.8) is 0 Å². The molecule has 3 N–H and O–H groups in total. The van der Waals surface area contributed by atoms with Crippen LogP contribution in [0.5, 0.6) is 0 Å². The molecule has 2 aromatic rings. The fraction of sp³-hybridized carbons (Fsp3) is 0.125. The number of carbonyl (C=O) groups is 2. The lowest BCUT2D eigenvalue weighted by Crippen LogP contribution is -2.28. The Bertz CT molecular complexity index is 921. The molecule has 1 amide bonds. The van der Waals surface area contributed by atoms with Gasteiger partial charge in [-0.1, -0.05) is 0 Å². The summed E-state index contributed by atoms with van der Waals surface area (Å²) in [5, 5.41) is 19.1. The van der Waals surface area contributed by atoms with Gasteiger partial charge in [-0.15, -0.1) is 0 Å². The van der Waals surface area contributed by atoms with Gasteiger partial charge in [0.15, 0.2) is 0 Å². The number of aromatic carboxylic acids is 1. The highest BCUT2D eigenvalue weighted by molar-refractivity contribution is 7.85. The number of hydrogen-bond acceptors (Lipinski definition) is 6. The summed E-state index contributed by atoms with van der Waals surface area (Å²) < 4.78 is 29.8. The molecule has 0 aromatic heterocycles. The van der Waals surface area contributed by atoms with Crippen molar-refractivity contribution in [3.05, 3.63) is 59.7 Å². The minimum Gasteiger partial charge on any atom is -0.478 e. The van der Waals surface area contributed by atoms with Crippen molar-refractivity contribution >= 4 is 33.4 Å². The summed E-state index contributed by atoms with van der Waals surface area (Å²) >= 11 is 0. The van der Waals surface area contributed by atoms with Crippen molar-refractivity contribution in [1.29, 1.82) is 0 Å². The van der Waals surface area contributed by atoms with E-state index < -0.39 is 27.7 Å². The third-order valence-corrected chi connectivity index (χ3v) is 3.89. The van der Waals surface area contributed by atoms with Gasteiger partial charge >= 0.3 is 5.97 Å². The summed E-state index contributed by atoms with van der Waals surface area (Å²) in [5.74, 6) is -2.08. The van der Waals surface area contributed by atoms with E-state index in [2.05, 4.69) is 15.5 Å². The number of rotatable bonds is 7. The number of hydrogen-bond donors (Lipinski definition) is 3. The van der Waals surface area contributed by atoms with Crippen LogP contribution in [0.4, 0.5) is 11.4 Å². The zero-order valence-electron chi connectivity index (χ0n) is 13.4. The fourth-order valence-electron chi connectivity index (χ4n) is 1.86. The van der Waals surface area contributed by atoms with Gasteiger partial charge in [0.25, 0.3) is 16.0 Å². The zero-order chi connectivity index (χ0) is 19.2. The molecule has 136 valence electrons. The van der Waals surface area contributed by atoms with E-state index in [-0.39, 0.29) is 12.1 Å². The molecule has 0 aliphatic carbocycles. The first-order chi connectivity index (χ1) is 12.2. The average molecular weight is 377 g/mol. The van der Waals surface area contributed by atoms with Crippen LogP contribution >= 0.6 is 0 Å². The van der Waals surface area contributed by atoms with Crippen molar-refractivity contribution in [2.75, 3.05) is 12.3 Å². The Hall–Kier alpha value is -3.11. The molecule has 0 atom stereocenters. The van der Waals surface area contributed by atoms with Crippen molar-refractivity contribution < 1.29 is 27.7 Å². The van der Waals surface area contributed by atoms with Crippen LogP contribution in [0.2, 0.25) is 0 Å². The lowest BCUT2D eigenvalue weighted by atomic mass is 10.2. The van der Waals surface area contributed by atoms with E-state index in [0.717, 1.165) is 0 Å². The summed E-state index contributed by atoms with van der Waals surface area (Å²) in [6, 6.07) is 11.9. The Morgan fingerprint density at radius 2 is 1.35 bits per heavy atom. The number of azo groups is 1. The van der Waals surface area contributed by atoms with Gasteiger partial charge in [-0.05, 0) is 48.5 Å². The zero-order valence-corrected chi connectivity index (χ0v) is 14.2. The van der Waals surface area contributed by atoms with Crippen molar-refractivity contribution in [2.45, 2.75) is 0 Å². The standard InChI is InChI=1S/C16H15N3O6S/c20-15(17-9-10-26(23,24)25)11-1-5-13(6-2-11)18-19-14-7-3-12(4-8-14)16(21)22/h1-8H,9-10H2,(H,17,20)(H,21,22)(H,23,24,25)/b19-18+. The third kappa shape index (κ3) is 6.07. The van der Waals surface area contributed by atoms with Crippen LogP contribution in [0.15, 0.2) is 58.8 Å². The molecule has 26 heavy (non-hydrogen) atoms. The highest BCUT2D eigenvalue weighted by Gasteiger charge is 2.08. The van der Waals surface area contributed by atoms with E-state index in [1.165, 1.54) is 36.4 Å². The minimum absolute atomic E-state index is 0.147. The molecule has 2 aromatic carbocycles. The summed E-state index contributed by atoms with van der Waals surface area (Å²) in [6.07, 6.45) is 0. The number of benzene rings is 2. The first-order valence-corrected chi connectivity index (χ1v) is 8.94. The lowest BCUT2D eigenvalue weighted by molar-refractivity contribution is 0.0696. The first kappa shape index (κ1) is 19.2. The summed E-state index contributed by atoms with van der Waals surface area (Å²) in [6.45, 7) is -0.203. The number of amides is 1. The normalized spacial score (nSPS) is 11.4. The van der Waals surface area contributed by atoms with Gasteiger partial charge in [0, 0.05) is 12.1 Å². The predicted molar refractivity (Wildman–Crippen MR) is 92.8 cm³/mol. The van der Waals surface area contributed by atoms with Crippen LogP contribution in [0.1, 0.15) is 20.7 Å². The van der Waals surface area contributed by atoms with Crippen LogP contribution in [0, 0.1) is 0 Å². The molecule has 0 spiro atoms. The molecule has 0 unspecified atom stereocenters. The molecule has 0 saturated heterocycles. The maximum Gasteiger partial charge on any atom is 0.335 e. The van der Waals surface area contributed by atoms with E-state index in [1.54, 1.807) is 12.1 Å². The second kappa shape index (κ2) is 8.32. The number of carboxylic acids is 1. The van der Waals surface area contributed by atoms with Gasteiger partial charge in [0.2, 0.25) is 0 Å². The van der Waals surface area contributed by atoms with E-state index in [1.807, 2.05) is 0 Å². The third-order valence-electron chi connectivity index (χ3n) is 3.17. The summed E-state index contributed by atoms with van der Waals surface area (Å²) in [4.78, 5) is 22.6. The topological polar surface area (TPSA) is 145 Å². The maximum absolute atomic E-state index is 11.8. The number of nitrogens with zero attached hydrogens (tertiary/aromatic N) is 2. The molecule has 0 bridgehead atoms. The molecule has 0 radical (unpaired) electrons.